The Morgan fingerprint density at radius 3 is 3.06 bits per heavy atom. The second-order valence-corrected chi connectivity index (χ2v) is 4.42. The van der Waals surface area contributed by atoms with Crippen molar-refractivity contribution in [1.29, 1.82) is 0 Å². The molecule has 3 atom stereocenters. The van der Waals surface area contributed by atoms with Gasteiger partial charge in [0.05, 0.1) is 5.92 Å². The minimum absolute atomic E-state index is 0.125. The van der Waals surface area contributed by atoms with Crippen molar-refractivity contribution in [3.05, 3.63) is 11.7 Å². The molecule has 3 unspecified atom stereocenters. The molecule has 0 saturated carbocycles. The fourth-order valence-corrected chi connectivity index (χ4v) is 2.69. The highest BCUT2D eigenvalue weighted by atomic mass is 16.5. The summed E-state index contributed by atoms with van der Waals surface area (Å²) in [6.07, 6.45) is 3.44. The van der Waals surface area contributed by atoms with Gasteiger partial charge in [0.15, 0.2) is 0 Å². The molecule has 1 aromatic heterocycles. The van der Waals surface area contributed by atoms with E-state index < -0.39 is 0 Å². The summed E-state index contributed by atoms with van der Waals surface area (Å²) in [5.74, 6) is 0.703. The van der Waals surface area contributed by atoms with Gasteiger partial charge in [0, 0.05) is 19.1 Å². The number of hydrogen-bond acceptors (Lipinski definition) is 5. The number of rotatable bonds is 2. The van der Waals surface area contributed by atoms with Gasteiger partial charge in [0.25, 0.3) is 11.7 Å². The van der Waals surface area contributed by atoms with E-state index in [1.807, 2.05) is 0 Å². The summed E-state index contributed by atoms with van der Waals surface area (Å²) >= 11 is 0. The molecule has 0 aromatic carbocycles. The van der Waals surface area contributed by atoms with Crippen molar-refractivity contribution in [2.24, 2.45) is 0 Å². The average molecular weight is 222 g/mol. The molecule has 1 aromatic rings. The number of carbonyl (C=O) groups excluding carboxylic acids is 1. The molecule has 0 aliphatic carbocycles. The number of nitrogens with zero attached hydrogens (tertiary/aromatic N) is 2. The molecule has 2 saturated heterocycles. The quantitative estimate of drug-likeness (QED) is 0.738. The third-order valence-corrected chi connectivity index (χ3v) is 3.49. The topological polar surface area (TPSA) is 80.0 Å². The van der Waals surface area contributed by atoms with Gasteiger partial charge >= 0.3 is 0 Å². The molecule has 2 aliphatic heterocycles. The molecule has 2 fully saturated rings. The Morgan fingerprint density at radius 1 is 1.56 bits per heavy atom. The van der Waals surface area contributed by atoms with Crippen molar-refractivity contribution < 1.29 is 9.32 Å². The van der Waals surface area contributed by atoms with E-state index in [0.29, 0.717) is 18.0 Å². The standard InChI is InChI=1S/C10H14N4O2/c1-11-9(15)8-13-10(16-14-8)6-4-5-2-3-7(6)12-5/h5-7,12H,2-4H2,1H3,(H,11,15). The van der Waals surface area contributed by atoms with Gasteiger partial charge in [-0.2, -0.15) is 4.98 Å². The number of carbonyl (C=O) groups is 1. The van der Waals surface area contributed by atoms with Crippen LogP contribution in [-0.4, -0.2) is 35.2 Å². The molecular formula is C10H14N4O2. The van der Waals surface area contributed by atoms with E-state index >= 15 is 0 Å². The first-order valence-corrected chi connectivity index (χ1v) is 5.59. The van der Waals surface area contributed by atoms with Crippen LogP contribution >= 0.6 is 0 Å². The third-order valence-electron chi connectivity index (χ3n) is 3.49. The largest absolute Gasteiger partial charge is 0.352 e. The first-order valence-electron chi connectivity index (χ1n) is 5.59. The first-order chi connectivity index (χ1) is 7.78. The predicted octanol–water partition coefficient (Wildman–Crippen LogP) is 0.0371. The van der Waals surface area contributed by atoms with Gasteiger partial charge in [0.2, 0.25) is 5.89 Å². The number of aromatic nitrogens is 2. The Bertz CT molecular complexity index is 417. The van der Waals surface area contributed by atoms with Crippen molar-refractivity contribution in [3.8, 4) is 0 Å². The highest BCUT2D eigenvalue weighted by molar-refractivity contribution is 5.89. The maximum Gasteiger partial charge on any atom is 0.292 e. The maximum atomic E-state index is 11.3. The van der Waals surface area contributed by atoms with Crippen LogP contribution in [0, 0.1) is 0 Å². The fourth-order valence-electron chi connectivity index (χ4n) is 2.69. The van der Waals surface area contributed by atoms with E-state index in [0.717, 1.165) is 12.8 Å². The zero-order valence-corrected chi connectivity index (χ0v) is 9.06. The lowest BCUT2D eigenvalue weighted by atomic mass is 9.89. The first kappa shape index (κ1) is 9.77. The molecule has 86 valence electrons. The van der Waals surface area contributed by atoms with E-state index in [4.69, 9.17) is 4.52 Å². The Balaban J connectivity index is 1.80. The van der Waals surface area contributed by atoms with Crippen LogP contribution in [0.1, 0.15) is 41.7 Å². The Morgan fingerprint density at radius 2 is 2.44 bits per heavy atom. The number of hydrogen-bond donors (Lipinski definition) is 2. The molecule has 16 heavy (non-hydrogen) atoms. The van der Waals surface area contributed by atoms with Crippen LogP contribution < -0.4 is 10.6 Å². The highest BCUT2D eigenvalue weighted by Gasteiger charge is 2.42. The second kappa shape index (κ2) is 3.55. The van der Waals surface area contributed by atoms with Crippen molar-refractivity contribution in [2.75, 3.05) is 7.05 Å². The third kappa shape index (κ3) is 1.41. The summed E-state index contributed by atoms with van der Waals surface area (Å²) in [5.41, 5.74) is 0. The number of amides is 1. The predicted molar refractivity (Wildman–Crippen MR) is 55.0 cm³/mol. The van der Waals surface area contributed by atoms with Crippen LogP contribution in [0.25, 0.3) is 0 Å². The molecule has 6 heteroatoms. The normalized spacial score (nSPS) is 31.9. The van der Waals surface area contributed by atoms with E-state index in [-0.39, 0.29) is 17.6 Å². The van der Waals surface area contributed by atoms with E-state index in [1.54, 1.807) is 7.05 Å². The lowest BCUT2D eigenvalue weighted by Crippen LogP contribution is -2.22. The summed E-state index contributed by atoms with van der Waals surface area (Å²) in [6.45, 7) is 0. The highest BCUT2D eigenvalue weighted by Crippen LogP contribution is 2.39. The average Bonchev–Trinajstić information content (AvgIpc) is 3.02. The van der Waals surface area contributed by atoms with Gasteiger partial charge in [-0.25, -0.2) is 0 Å². The molecule has 0 radical (unpaired) electrons. The summed E-state index contributed by atoms with van der Waals surface area (Å²) < 4.78 is 5.16. The van der Waals surface area contributed by atoms with Gasteiger partial charge in [-0.1, -0.05) is 5.16 Å². The van der Waals surface area contributed by atoms with Crippen LogP contribution in [0.4, 0.5) is 0 Å². The number of fused-ring (bicyclic) bond motifs is 2. The molecule has 3 heterocycles. The zero-order valence-electron chi connectivity index (χ0n) is 9.06. The Hall–Kier alpha value is -1.43. The van der Waals surface area contributed by atoms with E-state index in [9.17, 15) is 4.79 Å². The Kier molecular flexibility index (Phi) is 2.17. The summed E-state index contributed by atoms with van der Waals surface area (Å²) in [7, 11) is 1.55. The number of nitrogens with one attached hydrogen (secondary N) is 2. The zero-order chi connectivity index (χ0) is 11.1. The molecule has 6 nitrogen and oxygen atoms in total. The lowest BCUT2D eigenvalue weighted by Gasteiger charge is -2.15. The summed E-state index contributed by atoms with van der Waals surface area (Å²) in [4.78, 5) is 15.4. The monoisotopic (exact) mass is 222 g/mol. The van der Waals surface area contributed by atoms with Crippen LogP contribution in [-0.2, 0) is 0 Å². The fraction of sp³-hybridized carbons (Fsp3) is 0.700. The molecule has 2 bridgehead atoms. The summed E-state index contributed by atoms with van der Waals surface area (Å²) in [5, 5.41) is 9.67. The Labute approximate surface area is 92.8 Å². The van der Waals surface area contributed by atoms with E-state index in [1.165, 1.54) is 6.42 Å². The van der Waals surface area contributed by atoms with Crippen LogP contribution in [0.15, 0.2) is 4.52 Å². The SMILES string of the molecule is CNC(=O)c1noc(C2CC3CCC2N3)n1. The summed E-state index contributed by atoms with van der Waals surface area (Å²) in [6, 6.07) is 1.04. The smallest absolute Gasteiger partial charge is 0.292 e. The van der Waals surface area contributed by atoms with Crippen molar-refractivity contribution in [3.63, 3.8) is 0 Å². The van der Waals surface area contributed by atoms with Gasteiger partial charge in [-0.3, -0.25) is 4.79 Å². The van der Waals surface area contributed by atoms with Gasteiger partial charge in [0.1, 0.15) is 0 Å². The van der Waals surface area contributed by atoms with E-state index in [2.05, 4.69) is 20.8 Å². The molecule has 2 N–H and O–H groups in total. The second-order valence-electron chi connectivity index (χ2n) is 4.42. The van der Waals surface area contributed by atoms with Crippen molar-refractivity contribution in [2.45, 2.75) is 37.3 Å². The maximum absolute atomic E-state index is 11.3. The molecule has 2 aliphatic rings. The van der Waals surface area contributed by atoms with Crippen LogP contribution in [0.5, 0.6) is 0 Å². The molecular weight excluding hydrogens is 208 g/mol. The molecule has 3 rings (SSSR count). The van der Waals surface area contributed by atoms with Gasteiger partial charge in [-0.15, -0.1) is 0 Å². The van der Waals surface area contributed by atoms with Crippen molar-refractivity contribution >= 4 is 5.91 Å². The molecule has 1 amide bonds. The molecule has 0 spiro atoms. The van der Waals surface area contributed by atoms with Crippen LogP contribution in [0.2, 0.25) is 0 Å². The van der Waals surface area contributed by atoms with Gasteiger partial charge in [-0.05, 0) is 19.3 Å². The lowest BCUT2D eigenvalue weighted by molar-refractivity contribution is 0.0950. The minimum Gasteiger partial charge on any atom is -0.352 e. The minimum atomic E-state index is -0.300. The van der Waals surface area contributed by atoms with Gasteiger partial charge < -0.3 is 15.2 Å². The van der Waals surface area contributed by atoms with Crippen LogP contribution in [0.3, 0.4) is 0 Å². The van der Waals surface area contributed by atoms with Crippen molar-refractivity contribution in [1.82, 2.24) is 20.8 Å².